The average molecular weight is 367 g/mol. The number of rotatable bonds is 5. The van der Waals surface area contributed by atoms with Crippen LogP contribution >= 0.6 is 0 Å². The molecule has 0 unspecified atom stereocenters. The lowest BCUT2D eigenvalue weighted by atomic mass is 10.2. The second-order valence-electron chi connectivity index (χ2n) is 5.21. The molecule has 1 aromatic heterocycles. The van der Waals surface area contributed by atoms with Gasteiger partial charge in [0.25, 0.3) is 5.09 Å². The Kier molecular flexibility index (Phi) is 4.95. The number of nitrogens with zero attached hydrogens (tertiary/aromatic N) is 1. The molecule has 0 spiro atoms. The van der Waals surface area contributed by atoms with Crippen LogP contribution in [0.25, 0.3) is 0 Å². The van der Waals surface area contributed by atoms with Crippen LogP contribution in [-0.4, -0.2) is 47.8 Å². The van der Waals surface area contributed by atoms with Crippen LogP contribution in [0.15, 0.2) is 45.9 Å². The minimum atomic E-state index is -4.23. The molecule has 1 aliphatic rings. The molecule has 9 heteroatoms. The van der Waals surface area contributed by atoms with E-state index < -0.39 is 21.2 Å². The normalized spacial score (nSPS) is 15.0. The lowest BCUT2D eigenvalue weighted by Crippen LogP contribution is -2.36. The van der Waals surface area contributed by atoms with Crippen molar-refractivity contribution < 1.29 is 31.3 Å². The molecule has 0 radical (unpaired) electrons. The highest BCUT2D eigenvalue weighted by molar-refractivity contribution is 7.87. The predicted octanol–water partition coefficient (Wildman–Crippen LogP) is 1.67. The molecule has 0 bridgehead atoms. The summed E-state index contributed by atoms with van der Waals surface area (Å²) >= 11 is 0. The van der Waals surface area contributed by atoms with E-state index in [1.165, 1.54) is 13.2 Å². The number of furan rings is 1. The Balaban J connectivity index is 1.86. The second kappa shape index (κ2) is 7.16. The van der Waals surface area contributed by atoms with Crippen molar-refractivity contribution in [2.24, 2.45) is 0 Å². The van der Waals surface area contributed by atoms with E-state index in [2.05, 4.69) is 4.74 Å². The standard InChI is InChI=1S/C16H17NO7S/c1-21-16(18)14-6-7-15(23-14)25(19,20)24-13-5-3-2-4-12(13)17-8-10-22-11-9-17/h2-7H,8-11H2,1H3. The first-order valence-electron chi connectivity index (χ1n) is 7.55. The Morgan fingerprint density at radius 1 is 1.12 bits per heavy atom. The highest BCUT2D eigenvalue weighted by Gasteiger charge is 2.26. The van der Waals surface area contributed by atoms with Crippen molar-refractivity contribution in [3.63, 3.8) is 0 Å². The lowest BCUT2D eigenvalue weighted by molar-refractivity contribution is 0.0558. The van der Waals surface area contributed by atoms with Crippen LogP contribution in [0.4, 0.5) is 5.69 Å². The molecule has 3 rings (SSSR count). The summed E-state index contributed by atoms with van der Waals surface area (Å²) in [5.41, 5.74) is 0.647. The smallest absolute Gasteiger partial charge is 0.374 e. The molecular formula is C16H17NO7S. The summed E-state index contributed by atoms with van der Waals surface area (Å²) < 4.78 is 45.0. The number of hydrogen-bond acceptors (Lipinski definition) is 8. The van der Waals surface area contributed by atoms with Crippen molar-refractivity contribution in [1.82, 2.24) is 0 Å². The van der Waals surface area contributed by atoms with Crippen LogP contribution in [-0.2, 0) is 19.6 Å². The zero-order chi connectivity index (χ0) is 17.9. The van der Waals surface area contributed by atoms with Crippen molar-refractivity contribution in [2.75, 3.05) is 38.3 Å². The first-order chi connectivity index (χ1) is 12.0. The third-order valence-corrected chi connectivity index (χ3v) is 4.74. The number of ether oxygens (including phenoxy) is 2. The molecule has 1 aromatic carbocycles. The summed E-state index contributed by atoms with van der Waals surface area (Å²) in [4.78, 5) is 13.4. The van der Waals surface area contributed by atoms with Gasteiger partial charge in [-0.1, -0.05) is 12.1 Å². The van der Waals surface area contributed by atoms with Gasteiger partial charge >= 0.3 is 16.1 Å². The van der Waals surface area contributed by atoms with E-state index in [1.54, 1.807) is 24.3 Å². The number of benzene rings is 1. The topological polar surface area (TPSA) is 95.3 Å². The van der Waals surface area contributed by atoms with E-state index in [4.69, 9.17) is 13.3 Å². The van der Waals surface area contributed by atoms with E-state index >= 15 is 0 Å². The summed E-state index contributed by atoms with van der Waals surface area (Å²) in [6.45, 7) is 2.38. The van der Waals surface area contributed by atoms with Gasteiger partial charge in [-0.2, -0.15) is 8.42 Å². The van der Waals surface area contributed by atoms with Crippen LogP contribution in [0.5, 0.6) is 5.75 Å². The summed E-state index contributed by atoms with van der Waals surface area (Å²) in [7, 11) is -3.05. The van der Waals surface area contributed by atoms with Crippen LogP contribution in [0.3, 0.4) is 0 Å². The van der Waals surface area contributed by atoms with Gasteiger partial charge in [0.1, 0.15) is 0 Å². The quantitative estimate of drug-likeness (QED) is 0.582. The fraction of sp³-hybridized carbons (Fsp3) is 0.312. The Morgan fingerprint density at radius 3 is 2.56 bits per heavy atom. The number of morpholine rings is 1. The summed E-state index contributed by atoms with van der Waals surface area (Å²) in [5, 5.41) is -0.468. The molecule has 2 heterocycles. The van der Waals surface area contributed by atoms with Gasteiger partial charge in [-0.05, 0) is 18.2 Å². The zero-order valence-corrected chi connectivity index (χ0v) is 14.3. The van der Waals surface area contributed by atoms with E-state index in [-0.39, 0.29) is 11.5 Å². The van der Waals surface area contributed by atoms with Gasteiger partial charge < -0.3 is 23.0 Å². The van der Waals surface area contributed by atoms with Crippen LogP contribution in [0, 0.1) is 0 Å². The summed E-state index contributed by atoms with van der Waals surface area (Å²) in [5.74, 6) is -0.804. The highest BCUT2D eigenvalue weighted by Crippen LogP contribution is 2.31. The van der Waals surface area contributed by atoms with Crippen LogP contribution in [0.2, 0.25) is 0 Å². The van der Waals surface area contributed by atoms with Crippen molar-refractivity contribution in [2.45, 2.75) is 5.09 Å². The minimum Gasteiger partial charge on any atom is -0.463 e. The molecule has 134 valence electrons. The monoisotopic (exact) mass is 367 g/mol. The van der Waals surface area contributed by atoms with Gasteiger partial charge in [0, 0.05) is 19.2 Å². The van der Waals surface area contributed by atoms with Gasteiger partial charge in [0.05, 0.1) is 26.0 Å². The first-order valence-corrected chi connectivity index (χ1v) is 8.96. The van der Waals surface area contributed by atoms with Crippen molar-refractivity contribution in [3.8, 4) is 5.75 Å². The summed E-state index contributed by atoms with van der Waals surface area (Å²) in [6.07, 6.45) is 0. The molecule has 0 aliphatic carbocycles. The van der Waals surface area contributed by atoms with E-state index in [0.29, 0.717) is 32.0 Å². The van der Waals surface area contributed by atoms with E-state index in [1.807, 2.05) is 4.90 Å². The second-order valence-corrected chi connectivity index (χ2v) is 6.69. The van der Waals surface area contributed by atoms with Gasteiger partial charge in [0.15, 0.2) is 5.75 Å². The van der Waals surface area contributed by atoms with Crippen molar-refractivity contribution in [1.29, 1.82) is 0 Å². The molecule has 0 saturated carbocycles. The van der Waals surface area contributed by atoms with Gasteiger partial charge in [-0.3, -0.25) is 0 Å². The molecule has 0 atom stereocenters. The number of para-hydroxylation sites is 2. The number of esters is 1. The Labute approximate surface area is 145 Å². The average Bonchev–Trinajstić information content (AvgIpc) is 3.13. The minimum absolute atomic E-state index is 0.181. The van der Waals surface area contributed by atoms with Gasteiger partial charge in [-0.15, -0.1) is 0 Å². The molecule has 1 fully saturated rings. The molecule has 1 aliphatic heterocycles. The molecule has 8 nitrogen and oxygen atoms in total. The van der Waals surface area contributed by atoms with Crippen molar-refractivity contribution in [3.05, 3.63) is 42.2 Å². The third kappa shape index (κ3) is 3.77. The molecule has 2 aromatic rings. The number of carbonyl (C=O) groups excluding carboxylic acids is 1. The van der Waals surface area contributed by atoms with Crippen LogP contribution < -0.4 is 9.08 Å². The number of methoxy groups -OCH3 is 1. The maximum Gasteiger partial charge on any atom is 0.374 e. The van der Waals surface area contributed by atoms with E-state index in [0.717, 1.165) is 6.07 Å². The first kappa shape index (κ1) is 17.3. The van der Waals surface area contributed by atoms with Gasteiger partial charge in [-0.25, -0.2) is 4.79 Å². The number of hydrogen-bond donors (Lipinski definition) is 0. The zero-order valence-electron chi connectivity index (χ0n) is 13.5. The summed E-state index contributed by atoms with van der Waals surface area (Å²) in [6, 6.07) is 9.18. The molecule has 0 amide bonds. The number of carbonyl (C=O) groups is 1. The molecule has 1 saturated heterocycles. The SMILES string of the molecule is COC(=O)c1ccc(S(=O)(=O)Oc2ccccc2N2CCOCC2)o1. The van der Waals surface area contributed by atoms with Crippen LogP contribution in [0.1, 0.15) is 10.6 Å². The van der Waals surface area contributed by atoms with Crippen molar-refractivity contribution >= 4 is 21.8 Å². The third-order valence-electron chi connectivity index (χ3n) is 3.63. The van der Waals surface area contributed by atoms with E-state index in [9.17, 15) is 13.2 Å². The maximum absolute atomic E-state index is 12.4. The highest BCUT2D eigenvalue weighted by atomic mass is 32.2. The fourth-order valence-corrected chi connectivity index (χ4v) is 3.30. The van der Waals surface area contributed by atoms with Gasteiger partial charge in [0.2, 0.25) is 5.76 Å². The predicted molar refractivity (Wildman–Crippen MR) is 87.3 cm³/mol. The maximum atomic E-state index is 12.4. The largest absolute Gasteiger partial charge is 0.463 e. The molecular weight excluding hydrogens is 350 g/mol. The Bertz CT molecular complexity index is 853. The fourth-order valence-electron chi connectivity index (χ4n) is 2.42. The molecule has 0 N–H and O–H groups in total. The lowest BCUT2D eigenvalue weighted by Gasteiger charge is -2.29. The Morgan fingerprint density at radius 2 is 1.84 bits per heavy atom. The Hall–Kier alpha value is -2.52. The number of anilines is 1. The molecule has 25 heavy (non-hydrogen) atoms.